The molecule has 0 bridgehead atoms. The van der Waals surface area contributed by atoms with E-state index in [1.54, 1.807) is 14.2 Å². The molecule has 2 unspecified atom stereocenters. The summed E-state index contributed by atoms with van der Waals surface area (Å²) in [5.41, 5.74) is 1.67. The van der Waals surface area contributed by atoms with Crippen LogP contribution in [0.25, 0.3) is 0 Å². The Morgan fingerprint density at radius 2 is 1.95 bits per heavy atom. The molecule has 0 spiro atoms. The van der Waals surface area contributed by atoms with Crippen LogP contribution in [0.4, 0.5) is 5.69 Å². The van der Waals surface area contributed by atoms with Crippen molar-refractivity contribution in [3.63, 3.8) is 0 Å². The molecule has 2 amide bonds. The van der Waals surface area contributed by atoms with Gasteiger partial charge in [-0.25, -0.2) is 0 Å². The Hall–Kier alpha value is -2.08. The van der Waals surface area contributed by atoms with Crippen molar-refractivity contribution in [3.8, 4) is 5.75 Å². The van der Waals surface area contributed by atoms with Gasteiger partial charge in [0.1, 0.15) is 5.75 Å². The van der Waals surface area contributed by atoms with E-state index in [1.165, 1.54) is 0 Å². The van der Waals surface area contributed by atoms with Crippen molar-refractivity contribution in [3.05, 3.63) is 23.8 Å². The van der Waals surface area contributed by atoms with Gasteiger partial charge < -0.3 is 20.1 Å². The molecule has 1 aliphatic carbocycles. The van der Waals surface area contributed by atoms with Crippen LogP contribution in [0.2, 0.25) is 0 Å². The predicted octanol–water partition coefficient (Wildman–Crippen LogP) is 1.34. The summed E-state index contributed by atoms with van der Waals surface area (Å²) in [4.78, 5) is 24.1. The van der Waals surface area contributed by atoms with E-state index < -0.39 is 0 Å². The van der Waals surface area contributed by atoms with E-state index in [9.17, 15) is 9.59 Å². The minimum Gasteiger partial charge on any atom is -0.495 e. The molecular formula is C16H22N2O4. The van der Waals surface area contributed by atoms with Gasteiger partial charge in [-0.3, -0.25) is 9.59 Å². The summed E-state index contributed by atoms with van der Waals surface area (Å²) in [6, 6.07) is 5.58. The first-order valence-corrected chi connectivity index (χ1v) is 7.29. The first-order chi connectivity index (χ1) is 10.6. The monoisotopic (exact) mass is 306 g/mol. The predicted molar refractivity (Wildman–Crippen MR) is 82.8 cm³/mol. The second kappa shape index (κ2) is 7.26. The maximum Gasteiger partial charge on any atom is 0.228 e. The molecule has 120 valence electrons. The molecule has 1 fully saturated rings. The average molecular weight is 306 g/mol. The van der Waals surface area contributed by atoms with Crippen LogP contribution >= 0.6 is 0 Å². The highest BCUT2D eigenvalue weighted by Gasteiger charge is 2.48. The number of rotatable bonds is 7. The summed E-state index contributed by atoms with van der Waals surface area (Å²) >= 11 is 0. The molecule has 22 heavy (non-hydrogen) atoms. The largest absolute Gasteiger partial charge is 0.495 e. The SMILES string of the molecule is COCCNC(=O)C1CC1C(=O)Nc1cc(C)ccc1OC. The van der Waals surface area contributed by atoms with Gasteiger partial charge in [-0.05, 0) is 31.0 Å². The summed E-state index contributed by atoms with van der Waals surface area (Å²) in [5.74, 6) is -0.134. The molecule has 0 saturated heterocycles. The van der Waals surface area contributed by atoms with Gasteiger partial charge >= 0.3 is 0 Å². The Balaban J connectivity index is 1.89. The number of hydrogen-bond donors (Lipinski definition) is 2. The average Bonchev–Trinajstić information content (AvgIpc) is 3.28. The van der Waals surface area contributed by atoms with E-state index >= 15 is 0 Å². The second-order valence-corrected chi connectivity index (χ2v) is 5.43. The first kappa shape index (κ1) is 16.3. The number of aryl methyl sites for hydroxylation is 1. The maximum absolute atomic E-state index is 12.2. The normalized spacial score (nSPS) is 19.4. The molecule has 6 nitrogen and oxygen atoms in total. The van der Waals surface area contributed by atoms with E-state index in [4.69, 9.17) is 9.47 Å². The van der Waals surface area contributed by atoms with Crippen molar-refractivity contribution in [1.82, 2.24) is 5.32 Å². The van der Waals surface area contributed by atoms with Crippen LogP contribution in [0, 0.1) is 18.8 Å². The van der Waals surface area contributed by atoms with Crippen LogP contribution < -0.4 is 15.4 Å². The smallest absolute Gasteiger partial charge is 0.228 e. The van der Waals surface area contributed by atoms with Crippen LogP contribution in [0.3, 0.4) is 0 Å². The van der Waals surface area contributed by atoms with Gasteiger partial charge in [-0.15, -0.1) is 0 Å². The molecule has 1 aromatic rings. The number of carbonyl (C=O) groups is 2. The molecular weight excluding hydrogens is 284 g/mol. The van der Waals surface area contributed by atoms with E-state index in [-0.39, 0.29) is 23.7 Å². The lowest BCUT2D eigenvalue weighted by atomic mass is 10.2. The summed E-state index contributed by atoms with van der Waals surface area (Å²) in [6.07, 6.45) is 0.582. The van der Waals surface area contributed by atoms with E-state index in [0.29, 0.717) is 31.0 Å². The molecule has 1 saturated carbocycles. The van der Waals surface area contributed by atoms with Gasteiger partial charge in [0.25, 0.3) is 0 Å². The molecule has 1 aromatic carbocycles. The number of nitrogens with one attached hydrogen (secondary N) is 2. The topological polar surface area (TPSA) is 76.7 Å². The fraction of sp³-hybridized carbons (Fsp3) is 0.500. The summed E-state index contributed by atoms with van der Waals surface area (Å²) in [7, 11) is 3.14. The van der Waals surface area contributed by atoms with Crippen molar-refractivity contribution < 1.29 is 19.1 Å². The van der Waals surface area contributed by atoms with Crippen LogP contribution in [0.5, 0.6) is 5.75 Å². The molecule has 1 aliphatic rings. The Kier molecular flexibility index (Phi) is 5.38. The third kappa shape index (κ3) is 3.98. The van der Waals surface area contributed by atoms with Crippen molar-refractivity contribution in [1.29, 1.82) is 0 Å². The van der Waals surface area contributed by atoms with Gasteiger partial charge in [-0.1, -0.05) is 6.07 Å². The van der Waals surface area contributed by atoms with Crippen LogP contribution in [-0.2, 0) is 14.3 Å². The number of amides is 2. The van der Waals surface area contributed by atoms with E-state index in [2.05, 4.69) is 10.6 Å². The maximum atomic E-state index is 12.2. The molecule has 0 aliphatic heterocycles. The van der Waals surface area contributed by atoms with Crippen molar-refractivity contribution >= 4 is 17.5 Å². The number of benzene rings is 1. The second-order valence-electron chi connectivity index (χ2n) is 5.43. The highest BCUT2D eigenvalue weighted by molar-refractivity contribution is 6.00. The third-order valence-corrected chi connectivity index (χ3v) is 3.68. The summed E-state index contributed by atoms with van der Waals surface area (Å²) < 4.78 is 10.1. The fourth-order valence-electron chi connectivity index (χ4n) is 2.33. The molecule has 2 atom stereocenters. The molecule has 2 N–H and O–H groups in total. The molecule has 6 heteroatoms. The van der Waals surface area contributed by atoms with Gasteiger partial charge in [-0.2, -0.15) is 0 Å². The molecule has 2 rings (SSSR count). The zero-order valence-corrected chi connectivity index (χ0v) is 13.1. The van der Waals surface area contributed by atoms with E-state index in [1.807, 2.05) is 25.1 Å². The lowest BCUT2D eigenvalue weighted by Gasteiger charge is -2.11. The van der Waals surface area contributed by atoms with Crippen LogP contribution in [-0.4, -0.2) is 39.2 Å². The van der Waals surface area contributed by atoms with Gasteiger partial charge in [0.05, 0.1) is 31.2 Å². The molecule has 0 aromatic heterocycles. The zero-order chi connectivity index (χ0) is 16.1. The van der Waals surface area contributed by atoms with Crippen LogP contribution in [0.15, 0.2) is 18.2 Å². The lowest BCUT2D eigenvalue weighted by molar-refractivity contribution is -0.125. The van der Waals surface area contributed by atoms with Crippen molar-refractivity contribution in [2.75, 3.05) is 32.7 Å². The number of carbonyl (C=O) groups excluding carboxylic acids is 2. The summed E-state index contributed by atoms with van der Waals surface area (Å²) in [5, 5.41) is 5.60. The highest BCUT2D eigenvalue weighted by Crippen LogP contribution is 2.40. The number of hydrogen-bond acceptors (Lipinski definition) is 4. The fourth-order valence-corrected chi connectivity index (χ4v) is 2.33. The summed E-state index contributed by atoms with van der Waals surface area (Å²) in [6.45, 7) is 2.87. The number of anilines is 1. The quantitative estimate of drug-likeness (QED) is 0.745. The van der Waals surface area contributed by atoms with Crippen LogP contribution in [0.1, 0.15) is 12.0 Å². The Morgan fingerprint density at radius 3 is 2.64 bits per heavy atom. The van der Waals surface area contributed by atoms with Gasteiger partial charge in [0, 0.05) is 13.7 Å². The molecule has 0 heterocycles. The third-order valence-electron chi connectivity index (χ3n) is 3.68. The number of ether oxygens (including phenoxy) is 2. The van der Waals surface area contributed by atoms with Crippen molar-refractivity contribution in [2.45, 2.75) is 13.3 Å². The van der Waals surface area contributed by atoms with E-state index in [0.717, 1.165) is 5.56 Å². The Labute approximate surface area is 130 Å². The first-order valence-electron chi connectivity index (χ1n) is 7.29. The Bertz CT molecular complexity index is 559. The minimum absolute atomic E-state index is 0.0894. The standard InChI is InChI=1S/C16H22N2O4/c1-10-4-5-14(22-3)13(8-10)18-16(20)12-9-11(12)15(19)17-6-7-21-2/h4-5,8,11-12H,6-7,9H2,1-3H3,(H,17,19)(H,18,20). The lowest BCUT2D eigenvalue weighted by Crippen LogP contribution is -2.30. The number of methoxy groups -OCH3 is 2. The van der Waals surface area contributed by atoms with Gasteiger partial charge in [0.15, 0.2) is 0 Å². The van der Waals surface area contributed by atoms with Crippen molar-refractivity contribution in [2.24, 2.45) is 11.8 Å². The highest BCUT2D eigenvalue weighted by atomic mass is 16.5. The molecule has 0 radical (unpaired) electrons. The Morgan fingerprint density at radius 1 is 1.23 bits per heavy atom. The minimum atomic E-state index is -0.271. The van der Waals surface area contributed by atoms with Gasteiger partial charge in [0.2, 0.25) is 11.8 Å². The zero-order valence-electron chi connectivity index (χ0n) is 13.1.